The van der Waals surface area contributed by atoms with Gasteiger partial charge in [0.1, 0.15) is 11.4 Å². The lowest BCUT2D eigenvalue weighted by molar-refractivity contribution is 0.0784. The third-order valence-corrected chi connectivity index (χ3v) is 4.08. The molecular weight excluding hydrogens is 288 g/mol. The molecule has 1 aromatic heterocycles. The van der Waals surface area contributed by atoms with Crippen molar-refractivity contribution in [3.63, 3.8) is 0 Å². The van der Waals surface area contributed by atoms with Crippen LogP contribution in [0.25, 0.3) is 0 Å². The third-order valence-electron chi connectivity index (χ3n) is 4.08. The Balaban J connectivity index is 2.36. The standard InChI is InChI=1S/C19H26N2O2/c1-6-10-20(4)19(22)18-14(2)11-15(3)21(18)13-16-8-7-9-17(12-16)23-5/h7-9,11-12H,6,10,13H2,1-5H3. The minimum absolute atomic E-state index is 0.0837. The number of methoxy groups -OCH3 is 1. The summed E-state index contributed by atoms with van der Waals surface area (Å²) in [6.45, 7) is 7.56. The smallest absolute Gasteiger partial charge is 0.270 e. The number of nitrogens with zero attached hydrogens (tertiary/aromatic N) is 2. The molecule has 4 nitrogen and oxygen atoms in total. The molecule has 0 bridgehead atoms. The van der Waals surface area contributed by atoms with Gasteiger partial charge >= 0.3 is 0 Å². The molecule has 0 N–H and O–H groups in total. The van der Waals surface area contributed by atoms with Crippen molar-refractivity contribution in [2.75, 3.05) is 20.7 Å². The zero-order chi connectivity index (χ0) is 17.0. The summed E-state index contributed by atoms with van der Waals surface area (Å²) >= 11 is 0. The lowest BCUT2D eigenvalue weighted by Gasteiger charge is -2.19. The SMILES string of the molecule is CCCN(C)C(=O)c1c(C)cc(C)n1Cc1cccc(OC)c1. The molecule has 0 aliphatic rings. The van der Waals surface area contributed by atoms with Crippen LogP contribution in [0.5, 0.6) is 5.75 Å². The van der Waals surface area contributed by atoms with E-state index in [9.17, 15) is 4.79 Å². The first-order chi connectivity index (χ1) is 11.0. The van der Waals surface area contributed by atoms with Gasteiger partial charge in [0.25, 0.3) is 5.91 Å². The minimum Gasteiger partial charge on any atom is -0.497 e. The maximum Gasteiger partial charge on any atom is 0.270 e. The summed E-state index contributed by atoms with van der Waals surface area (Å²) in [5.41, 5.74) is 4.02. The number of hydrogen-bond acceptors (Lipinski definition) is 2. The Morgan fingerprint density at radius 1 is 1.26 bits per heavy atom. The molecule has 0 atom stereocenters. The highest BCUT2D eigenvalue weighted by atomic mass is 16.5. The van der Waals surface area contributed by atoms with Crippen LogP contribution in [0.15, 0.2) is 30.3 Å². The van der Waals surface area contributed by atoms with Gasteiger partial charge in [-0.25, -0.2) is 0 Å². The lowest BCUT2D eigenvalue weighted by Crippen LogP contribution is -2.30. The van der Waals surface area contributed by atoms with Gasteiger partial charge in [-0.15, -0.1) is 0 Å². The Morgan fingerprint density at radius 3 is 2.65 bits per heavy atom. The second kappa shape index (κ2) is 7.36. The number of aromatic nitrogens is 1. The number of carbonyl (C=O) groups is 1. The van der Waals surface area contributed by atoms with E-state index < -0.39 is 0 Å². The van der Waals surface area contributed by atoms with Crippen LogP contribution in [-0.4, -0.2) is 36.1 Å². The summed E-state index contributed by atoms with van der Waals surface area (Å²) in [5, 5.41) is 0. The molecule has 0 aliphatic carbocycles. The summed E-state index contributed by atoms with van der Waals surface area (Å²) < 4.78 is 7.39. The van der Waals surface area contributed by atoms with Crippen LogP contribution < -0.4 is 4.74 Å². The van der Waals surface area contributed by atoms with Crippen LogP contribution in [0, 0.1) is 13.8 Å². The predicted octanol–water partition coefficient (Wildman–Crippen LogP) is 3.64. The van der Waals surface area contributed by atoms with E-state index in [1.165, 1.54) is 0 Å². The van der Waals surface area contributed by atoms with E-state index in [0.29, 0.717) is 6.54 Å². The van der Waals surface area contributed by atoms with Crippen molar-refractivity contribution in [2.24, 2.45) is 0 Å². The molecule has 0 fully saturated rings. The number of amides is 1. The largest absolute Gasteiger partial charge is 0.497 e. The summed E-state index contributed by atoms with van der Waals surface area (Å²) in [6.07, 6.45) is 0.955. The van der Waals surface area contributed by atoms with Crippen LogP contribution in [0.3, 0.4) is 0 Å². The van der Waals surface area contributed by atoms with Gasteiger partial charge < -0.3 is 14.2 Å². The predicted molar refractivity (Wildman–Crippen MR) is 93.3 cm³/mol. The Bertz CT molecular complexity index is 689. The summed E-state index contributed by atoms with van der Waals surface area (Å²) in [6, 6.07) is 10.1. The third kappa shape index (κ3) is 3.76. The zero-order valence-corrected chi connectivity index (χ0v) is 14.7. The molecule has 2 aromatic rings. The van der Waals surface area contributed by atoms with E-state index in [4.69, 9.17) is 4.74 Å². The van der Waals surface area contributed by atoms with Crippen LogP contribution in [-0.2, 0) is 6.54 Å². The highest BCUT2D eigenvalue weighted by Gasteiger charge is 2.20. The molecule has 23 heavy (non-hydrogen) atoms. The van der Waals surface area contributed by atoms with Gasteiger partial charge in [0.15, 0.2) is 0 Å². The maximum absolute atomic E-state index is 12.8. The van der Waals surface area contributed by atoms with Crippen LogP contribution in [0.4, 0.5) is 0 Å². The number of ether oxygens (including phenoxy) is 1. The van der Waals surface area contributed by atoms with Crippen molar-refractivity contribution in [3.8, 4) is 5.75 Å². The van der Waals surface area contributed by atoms with Crippen molar-refractivity contribution in [1.82, 2.24) is 9.47 Å². The van der Waals surface area contributed by atoms with Gasteiger partial charge in [0.05, 0.1) is 7.11 Å². The van der Waals surface area contributed by atoms with E-state index >= 15 is 0 Å². The number of carbonyl (C=O) groups excluding carboxylic acids is 1. The van der Waals surface area contributed by atoms with Crippen LogP contribution >= 0.6 is 0 Å². The molecule has 0 spiro atoms. The zero-order valence-electron chi connectivity index (χ0n) is 14.7. The van der Waals surface area contributed by atoms with E-state index in [0.717, 1.165) is 41.2 Å². The lowest BCUT2D eigenvalue weighted by atomic mass is 10.2. The Morgan fingerprint density at radius 2 is 2.00 bits per heavy atom. The number of aryl methyl sites for hydroxylation is 2. The summed E-state index contributed by atoms with van der Waals surface area (Å²) in [5.74, 6) is 0.917. The van der Waals surface area contributed by atoms with Crippen molar-refractivity contribution in [1.29, 1.82) is 0 Å². The molecule has 0 unspecified atom stereocenters. The van der Waals surface area contributed by atoms with E-state index in [1.54, 1.807) is 12.0 Å². The Kier molecular flexibility index (Phi) is 5.48. The molecule has 124 valence electrons. The average molecular weight is 314 g/mol. The highest BCUT2D eigenvalue weighted by molar-refractivity contribution is 5.94. The normalized spacial score (nSPS) is 10.7. The molecule has 4 heteroatoms. The fourth-order valence-corrected chi connectivity index (χ4v) is 2.91. The first-order valence-electron chi connectivity index (χ1n) is 8.03. The molecule has 1 heterocycles. The molecule has 0 radical (unpaired) electrons. The van der Waals surface area contributed by atoms with Crippen LogP contribution in [0.2, 0.25) is 0 Å². The van der Waals surface area contributed by atoms with Crippen LogP contribution in [0.1, 0.15) is 40.7 Å². The fraction of sp³-hybridized carbons (Fsp3) is 0.421. The average Bonchev–Trinajstić information content (AvgIpc) is 2.81. The summed E-state index contributed by atoms with van der Waals surface area (Å²) in [4.78, 5) is 14.6. The van der Waals surface area contributed by atoms with E-state index in [-0.39, 0.29) is 5.91 Å². The molecule has 1 amide bonds. The van der Waals surface area contributed by atoms with Gasteiger partial charge in [-0.3, -0.25) is 4.79 Å². The molecular formula is C19H26N2O2. The molecule has 1 aromatic carbocycles. The molecule has 0 saturated carbocycles. The van der Waals surface area contributed by atoms with E-state index in [1.807, 2.05) is 39.1 Å². The first kappa shape index (κ1) is 17.1. The molecule has 0 saturated heterocycles. The minimum atomic E-state index is 0.0837. The van der Waals surface area contributed by atoms with Crippen molar-refractivity contribution >= 4 is 5.91 Å². The monoisotopic (exact) mass is 314 g/mol. The second-order valence-electron chi connectivity index (χ2n) is 5.98. The quantitative estimate of drug-likeness (QED) is 0.816. The second-order valence-corrected chi connectivity index (χ2v) is 5.98. The van der Waals surface area contributed by atoms with E-state index in [2.05, 4.69) is 23.6 Å². The summed E-state index contributed by atoms with van der Waals surface area (Å²) in [7, 11) is 3.53. The Labute approximate surface area is 138 Å². The van der Waals surface area contributed by atoms with Crippen molar-refractivity contribution in [3.05, 3.63) is 52.8 Å². The number of benzene rings is 1. The number of hydrogen-bond donors (Lipinski definition) is 0. The Hall–Kier alpha value is -2.23. The molecule has 2 rings (SSSR count). The fourth-order valence-electron chi connectivity index (χ4n) is 2.91. The van der Waals surface area contributed by atoms with Gasteiger partial charge in [0, 0.05) is 25.8 Å². The maximum atomic E-state index is 12.8. The van der Waals surface area contributed by atoms with Gasteiger partial charge in [0.2, 0.25) is 0 Å². The first-order valence-corrected chi connectivity index (χ1v) is 8.03. The van der Waals surface area contributed by atoms with Crippen molar-refractivity contribution in [2.45, 2.75) is 33.7 Å². The van der Waals surface area contributed by atoms with Gasteiger partial charge in [-0.2, -0.15) is 0 Å². The van der Waals surface area contributed by atoms with Gasteiger partial charge in [-0.1, -0.05) is 19.1 Å². The van der Waals surface area contributed by atoms with Gasteiger partial charge in [-0.05, 0) is 49.6 Å². The van der Waals surface area contributed by atoms with Crippen molar-refractivity contribution < 1.29 is 9.53 Å². The molecule has 0 aliphatic heterocycles. The number of rotatable bonds is 6. The highest BCUT2D eigenvalue weighted by Crippen LogP contribution is 2.20. The topological polar surface area (TPSA) is 34.5 Å².